The van der Waals surface area contributed by atoms with Gasteiger partial charge in [-0.1, -0.05) is 24.3 Å². The third-order valence-corrected chi connectivity index (χ3v) is 5.50. The maximum atomic E-state index is 13.4. The molecule has 2 heterocycles. The van der Waals surface area contributed by atoms with Gasteiger partial charge in [0.05, 0.1) is 12.1 Å². The highest BCUT2D eigenvalue weighted by atomic mass is 16.2. The second kappa shape index (κ2) is 9.08. The lowest BCUT2D eigenvalue weighted by atomic mass is 10.0. The van der Waals surface area contributed by atoms with Crippen molar-refractivity contribution in [1.82, 2.24) is 9.88 Å². The largest absolute Gasteiger partial charge is 0.350 e. The Morgan fingerprint density at radius 1 is 0.939 bits per heavy atom. The standard InChI is InChI=1S/C26H24N4O3/c1-16-6-9-22(13-17(16)2)29-24-23(20-7-10-21(11-8-20)28-18(3)31)25(32)30(26(24)33)15-19-5-4-12-27-14-19/h4-14,29H,15H2,1-3H3,(H,28,31). The van der Waals surface area contributed by atoms with E-state index in [4.69, 9.17) is 0 Å². The number of imide groups is 1. The SMILES string of the molecule is CC(=O)Nc1ccc(C2=C(Nc3ccc(C)c(C)c3)C(=O)N(Cc3cccnc3)C2=O)cc1. The molecule has 0 saturated heterocycles. The molecule has 7 nitrogen and oxygen atoms in total. The summed E-state index contributed by atoms with van der Waals surface area (Å²) in [5.74, 6) is -0.973. The van der Waals surface area contributed by atoms with Crippen molar-refractivity contribution in [2.75, 3.05) is 10.6 Å². The van der Waals surface area contributed by atoms with Crippen LogP contribution in [0.4, 0.5) is 11.4 Å². The van der Waals surface area contributed by atoms with Gasteiger partial charge in [-0.3, -0.25) is 24.3 Å². The number of aryl methyl sites for hydroxylation is 2. The molecule has 0 atom stereocenters. The van der Waals surface area contributed by atoms with Gasteiger partial charge in [0.2, 0.25) is 5.91 Å². The smallest absolute Gasteiger partial charge is 0.278 e. The molecule has 7 heteroatoms. The van der Waals surface area contributed by atoms with Crippen molar-refractivity contribution >= 4 is 34.7 Å². The van der Waals surface area contributed by atoms with E-state index in [9.17, 15) is 14.4 Å². The number of anilines is 2. The van der Waals surface area contributed by atoms with Crippen LogP contribution in [-0.4, -0.2) is 27.6 Å². The maximum Gasteiger partial charge on any atom is 0.278 e. The normalized spacial score (nSPS) is 13.5. The number of carbonyl (C=O) groups excluding carboxylic acids is 3. The molecule has 2 aromatic carbocycles. The lowest BCUT2D eigenvalue weighted by molar-refractivity contribution is -0.137. The number of benzene rings is 2. The summed E-state index contributed by atoms with van der Waals surface area (Å²) < 4.78 is 0. The van der Waals surface area contributed by atoms with E-state index in [1.54, 1.807) is 42.7 Å². The van der Waals surface area contributed by atoms with Crippen molar-refractivity contribution < 1.29 is 14.4 Å². The van der Waals surface area contributed by atoms with Crippen LogP contribution in [0.15, 0.2) is 72.7 Å². The van der Waals surface area contributed by atoms with Gasteiger partial charge in [-0.15, -0.1) is 0 Å². The molecule has 1 aromatic heterocycles. The van der Waals surface area contributed by atoms with Crippen molar-refractivity contribution in [2.45, 2.75) is 27.3 Å². The third-order valence-electron chi connectivity index (χ3n) is 5.50. The highest BCUT2D eigenvalue weighted by Crippen LogP contribution is 2.32. The molecule has 0 unspecified atom stereocenters. The number of hydrogen-bond donors (Lipinski definition) is 2. The second-order valence-electron chi connectivity index (χ2n) is 7.99. The minimum atomic E-state index is -0.400. The Hall–Kier alpha value is -4.26. The summed E-state index contributed by atoms with van der Waals surface area (Å²) in [7, 11) is 0. The number of nitrogens with zero attached hydrogens (tertiary/aromatic N) is 2. The topological polar surface area (TPSA) is 91.4 Å². The molecule has 166 valence electrons. The molecule has 0 spiro atoms. The Kier molecular flexibility index (Phi) is 6.04. The summed E-state index contributed by atoms with van der Waals surface area (Å²) >= 11 is 0. The first-order valence-corrected chi connectivity index (χ1v) is 10.5. The molecule has 0 aliphatic carbocycles. The summed E-state index contributed by atoms with van der Waals surface area (Å²) in [6.07, 6.45) is 3.28. The molecule has 3 aromatic rings. The Labute approximate surface area is 192 Å². The zero-order chi connectivity index (χ0) is 23.5. The second-order valence-corrected chi connectivity index (χ2v) is 7.99. The average molecular weight is 441 g/mol. The van der Waals surface area contributed by atoms with Gasteiger partial charge < -0.3 is 10.6 Å². The van der Waals surface area contributed by atoms with Crippen molar-refractivity contribution in [1.29, 1.82) is 0 Å². The summed E-state index contributed by atoms with van der Waals surface area (Å²) in [5, 5.41) is 5.89. The minimum absolute atomic E-state index is 0.122. The predicted octanol–water partition coefficient (Wildman–Crippen LogP) is 4.05. The highest BCUT2D eigenvalue weighted by molar-refractivity contribution is 6.36. The van der Waals surface area contributed by atoms with Gasteiger partial charge in [0.25, 0.3) is 11.8 Å². The number of nitrogens with one attached hydrogen (secondary N) is 2. The van der Waals surface area contributed by atoms with Crippen molar-refractivity contribution in [3.63, 3.8) is 0 Å². The number of rotatable bonds is 6. The van der Waals surface area contributed by atoms with Crippen molar-refractivity contribution in [2.24, 2.45) is 0 Å². The van der Waals surface area contributed by atoms with Gasteiger partial charge in [0.15, 0.2) is 0 Å². The lowest BCUT2D eigenvalue weighted by Gasteiger charge is -2.15. The molecule has 1 aliphatic rings. The molecule has 33 heavy (non-hydrogen) atoms. The van der Waals surface area contributed by atoms with Crippen LogP contribution in [0.2, 0.25) is 0 Å². The van der Waals surface area contributed by atoms with Crippen LogP contribution in [0.1, 0.15) is 29.2 Å². The van der Waals surface area contributed by atoms with E-state index in [0.29, 0.717) is 11.3 Å². The quantitative estimate of drug-likeness (QED) is 0.565. The molecule has 3 amide bonds. The first-order valence-electron chi connectivity index (χ1n) is 10.5. The van der Waals surface area contributed by atoms with Crippen LogP contribution in [0.5, 0.6) is 0 Å². The molecule has 0 fully saturated rings. The number of aromatic nitrogens is 1. The van der Waals surface area contributed by atoms with Crippen LogP contribution in [-0.2, 0) is 20.9 Å². The molecule has 0 bridgehead atoms. The minimum Gasteiger partial charge on any atom is -0.350 e. The van der Waals surface area contributed by atoms with E-state index in [1.807, 2.05) is 38.1 Å². The first kappa shape index (κ1) is 22.0. The highest BCUT2D eigenvalue weighted by Gasteiger charge is 2.39. The van der Waals surface area contributed by atoms with Gasteiger partial charge in [-0.25, -0.2) is 0 Å². The maximum absolute atomic E-state index is 13.4. The van der Waals surface area contributed by atoms with Gasteiger partial charge >= 0.3 is 0 Å². The predicted molar refractivity (Wildman–Crippen MR) is 127 cm³/mol. The summed E-state index contributed by atoms with van der Waals surface area (Å²) in [6.45, 7) is 5.56. The van der Waals surface area contributed by atoms with E-state index >= 15 is 0 Å². The lowest BCUT2D eigenvalue weighted by Crippen LogP contribution is -2.32. The van der Waals surface area contributed by atoms with Crippen molar-refractivity contribution in [3.8, 4) is 0 Å². The monoisotopic (exact) mass is 440 g/mol. The summed E-state index contributed by atoms with van der Waals surface area (Å²) in [6, 6.07) is 16.2. The zero-order valence-electron chi connectivity index (χ0n) is 18.7. The fraction of sp³-hybridized carbons (Fsp3) is 0.154. The summed E-state index contributed by atoms with van der Waals surface area (Å²) in [5.41, 5.74) is 5.40. The molecule has 0 radical (unpaired) electrons. The fourth-order valence-corrected chi connectivity index (χ4v) is 3.66. The Balaban J connectivity index is 1.73. The van der Waals surface area contributed by atoms with Gasteiger partial charge in [0, 0.05) is 30.7 Å². The number of pyridine rings is 1. The molecule has 2 N–H and O–H groups in total. The van der Waals surface area contributed by atoms with Crippen molar-refractivity contribution in [3.05, 3.63) is 94.9 Å². The molecular formula is C26H24N4O3. The Bertz CT molecular complexity index is 1260. The average Bonchev–Trinajstić information content (AvgIpc) is 3.01. The molecule has 4 rings (SSSR count). The number of hydrogen-bond acceptors (Lipinski definition) is 5. The van der Waals surface area contributed by atoms with Crippen LogP contribution in [0, 0.1) is 13.8 Å². The first-order chi connectivity index (χ1) is 15.8. The van der Waals surface area contributed by atoms with E-state index in [2.05, 4.69) is 15.6 Å². The van der Waals surface area contributed by atoms with Crippen LogP contribution >= 0.6 is 0 Å². The molecular weight excluding hydrogens is 416 g/mol. The van der Waals surface area contributed by atoms with E-state index in [-0.39, 0.29) is 29.6 Å². The van der Waals surface area contributed by atoms with E-state index in [0.717, 1.165) is 22.4 Å². The number of amides is 3. The van der Waals surface area contributed by atoms with Gasteiger partial charge in [-0.2, -0.15) is 0 Å². The Morgan fingerprint density at radius 3 is 2.30 bits per heavy atom. The van der Waals surface area contributed by atoms with Crippen LogP contribution < -0.4 is 10.6 Å². The van der Waals surface area contributed by atoms with Crippen LogP contribution in [0.25, 0.3) is 5.57 Å². The molecule has 1 aliphatic heterocycles. The van der Waals surface area contributed by atoms with Gasteiger partial charge in [0.1, 0.15) is 5.70 Å². The van der Waals surface area contributed by atoms with Crippen LogP contribution in [0.3, 0.4) is 0 Å². The van der Waals surface area contributed by atoms with Gasteiger partial charge in [-0.05, 0) is 66.4 Å². The summed E-state index contributed by atoms with van der Waals surface area (Å²) in [4.78, 5) is 43.4. The molecule has 0 saturated carbocycles. The zero-order valence-corrected chi connectivity index (χ0v) is 18.7. The Morgan fingerprint density at radius 2 is 1.67 bits per heavy atom. The van der Waals surface area contributed by atoms with E-state index in [1.165, 1.54) is 11.8 Å². The van der Waals surface area contributed by atoms with E-state index < -0.39 is 5.91 Å². The fourth-order valence-electron chi connectivity index (χ4n) is 3.66. The number of carbonyl (C=O) groups is 3. The third kappa shape index (κ3) is 4.67.